The van der Waals surface area contributed by atoms with Gasteiger partial charge >= 0.3 is 0 Å². The monoisotopic (exact) mass is 261 g/mol. The Bertz CT molecular complexity index is 377. The van der Waals surface area contributed by atoms with E-state index < -0.39 is 0 Å². The Morgan fingerprint density at radius 1 is 1.16 bits per heavy atom. The molecule has 1 fully saturated rings. The van der Waals surface area contributed by atoms with Gasteiger partial charge in [-0.05, 0) is 26.3 Å². The Hall–Kier alpha value is -0.900. The molecule has 0 spiro atoms. The number of rotatable bonds is 5. The van der Waals surface area contributed by atoms with E-state index in [0.29, 0.717) is 0 Å². The van der Waals surface area contributed by atoms with Crippen LogP contribution in [0.3, 0.4) is 0 Å². The SMILES string of the molecule is Cc1ccc(CNCC(C)(C)N2CCNCC2)cc1. The summed E-state index contributed by atoms with van der Waals surface area (Å²) in [6.07, 6.45) is 0. The summed E-state index contributed by atoms with van der Waals surface area (Å²) in [7, 11) is 0. The molecule has 106 valence electrons. The second-order valence-electron chi connectivity index (χ2n) is 6.14. The first-order valence-corrected chi connectivity index (χ1v) is 7.30. The maximum Gasteiger partial charge on any atom is 0.0278 e. The third-order valence-corrected chi connectivity index (χ3v) is 3.98. The molecule has 0 aromatic heterocycles. The first kappa shape index (κ1) is 14.5. The molecule has 1 aromatic rings. The molecule has 0 atom stereocenters. The fraction of sp³-hybridized carbons (Fsp3) is 0.625. The van der Waals surface area contributed by atoms with E-state index >= 15 is 0 Å². The van der Waals surface area contributed by atoms with Crippen molar-refractivity contribution in [2.24, 2.45) is 0 Å². The Balaban J connectivity index is 1.78. The Morgan fingerprint density at radius 2 is 1.79 bits per heavy atom. The summed E-state index contributed by atoms with van der Waals surface area (Å²) in [4.78, 5) is 2.58. The van der Waals surface area contributed by atoms with Crippen molar-refractivity contribution in [2.45, 2.75) is 32.9 Å². The number of piperazine rings is 1. The molecule has 1 heterocycles. The van der Waals surface area contributed by atoms with Gasteiger partial charge in [0.15, 0.2) is 0 Å². The van der Waals surface area contributed by atoms with Gasteiger partial charge in [0, 0.05) is 44.8 Å². The molecule has 2 rings (SSSR count). The van der Waals surface area contributed by atoms with Crippen LogP contribution in [0.1, 0.15) is 25.0 Å². The average Bonchev–Trinajstić information content (AvgIpc) is 2.42. The van der Waals surface area contributed by atoms with Crippen LogP contribution in [0.4, 0.5) is 0 Å². The van der Waals surface area contributed by atoms with Crippen molar-refractivity contribution in [1.82, 2.24) is 15.5 Å². The zero-order valence-corrected chi connectivity index (χ0v) is 12.5. The number of nitrogens with one attached hydrogen (secondary N) is 2. The van der Waals surface area contributed by atoms with E-state index in [4.69, 9.17) is 0 Å². The Labute approximate surface area is 117 Å². The second kappa shape index (κ2) is 6.51. The second-order valence-corrected chi connectivity index (χ2v) is 6.14. The summed E-state index contributed by atoms with van der Waals surface area (Å²) in [6.45, 7) is 13.3. The average molecular weight is 261 g/mol. The molecule has 0 bridgehead atoms. The lowest BCUT2D eigenvalue weighted by molar-refractivity contribution is 0.102. The molecule has 1 aliphatic heterocycles. The number of benzene rings is 1. The molecule has 0 aliphatic carbocycles. The van der Waals surface area contributed by atoms with Crippen molar-refractivity contribution in [3.63, 3.8) is 0 Å². The fourth-order valence-electron chi connectivity index (χ4n) is 2.60. The molecule has 0 radical (unpaired) electrons. The molecule has 0 saturated carbocycles. The van der Waals surface area contributed by atoms with E-state index in [1.54, 1.807) is 0 Å². The molecule has 1 saturated heterocycles. The van der Waals surface area contributed by atoms with E-state index in [1.807, 2.05) is 0 Å². The van der Waals surface area contributed by atoms with Crippen LogP contribution >= 0.6 is 0 Å². The van der Waals surface area contributed by atoms with Crippen LogP contribution in [0, 0.1) is 6.92 Å². The highest BCUT2D eigenvalue weighted by Crippen LogP contribution is 2.14. The van der Waals surface area contributed by atoms with Crippen LogP contribution < -0.4 is 10.6 Å². The van der Waals surface area contributed by atoms with Crippen LogP contribution in [0.15, 0.2) is 24.3 Å². The summed E-state index contributed by atoms with van der Waals surface area (Å²) >= 11 is 0. The maximum absolute atomic E-state index is 3.60. The van der Waals surface area contributed by atoms with Crippen LogP contribution in [0.25, 0.3) is 0 Å². The summed E-state index contributed by atoms with van der Waals surface area (Å²) in [5.41, 5.74) is 2.92. The van der Waals surface area contributed by atoms with Crippen LogP contribution in [0.5, 0.6) is 0 Å². The smallest absolute Gasteiger partial charge is 0.0278 e. The van der Waals surface area contributed by atoms with Gasteiger partial charge in [-0.2, -0.15) is 0 Å². The van der Waals surface area contributed by atoms with Gasteiger partial charge in [-0.15, -0.1) is 0 Å². The summed E-state index contributed by atoms with van der Waals surface area (Å²) < 4.78 is 0. The van der Waals surface area contributed by atoms with Gasteiger partial charge in [0.2, 0.25) is 0 Å². The van der Waals surface area contributed by atoms with Crippen LogP contribution in [-0.2, 0) is 6.54 Å². The highest BCUT2D eigenvalue weighted by molar-refractivity contribution is 5.21. The summed E-state index contributed by atoms with van der Waals surface area (Å²) in [6, 6.07) is 8.78. The van der Waals surface area contributed by atoms with Gasteiger partial charge in [-0.3, -0.25) is 4.90 Å². The minimum absolute atomic E-state index is 0.229. The summed E-state index contributed by atoms with van der Waals surface area (Å²) in [5.74, 6) is 0. The van der Waals surface area contributed by atoms with Crippen molar-refractivity contribution in [3.05, 3.63) is 35.4 Å². The third kappa shape index (κ3) is 4.30. The van der Waals surface area contributed by atoms with Crippen molar-refractivity contribution in [2.75, 3.05) is 32.7 Å². The molecule has 0 amide bonds. The lowest BCUT2D eigenvalue weighted by atomic mass is 10.0. The van der Waals surface area contributed by atoms with Gasteiger partial charge in [0.05, 0.1) is 0 Å². The van der Waals surface area contributed by atoms with Crippen molar-refractivity contribution >= 4 is 0 Å². The van der Waals surface area contributed by atoms with E-state index in [2.05, 4.69) is 60.6 Å². The number of hydrogen-bond donors (Lipinski definition) is 2. The van der Waals surface area contributed by atoms with Crippen LogP contribution in [-0.4, -0.2) is 43.2 Å². The summed E-state index contributed by atoms with van der Waals surface area (Å²) in [5, 5.41) is 7.01. The predicted octanol–water partition coefficient (Wildman–Crippen LogP) is 1.77. The number of aryl methyl sites for hydroxylation is 1. The first-order chi connectivity index (χ1) is 9.08. The highest BCUT2D eigenvalue weighted by atomic mass is 15.2. The normalized spacial score (nSPS) is 17.6. The first-order valence-electron chi connectivity index (χ1n) is 7.30. The lowest BCUT2D eigenvalue weighted by Crippen LogP contribution is -2.57. The molecule has 2 N–H and O–H groups in total. The minimum atomic E-state index is 0.229. The topological polar surface area (TPSA) is 27.3 Å². The molecular weight excluding hydrogens is 234 g/mol. The highest BCUT2D eigenvalue weighted by Gasteiger charge is 2.27. The van der Waals surface area contributed by atoms with Gasteiger partial charge in [0.25, 0.3) is 0 Å². The molecule has 1 aromatic carbocycles. The molecule has 1 aliphatic rings. The van der Waals surface area contributed by atoms with E-state index in [9.17, 15) is 0 Å². The predicted molar refractivity (Wildman–Crippen MR) is 81.4 cm³/mol. The molecular formula is C16H27N3. The molecule has 19 heavy (non-hydrogen) atoms. The van der Waals surface area contributed by atoms with Crippen molar-refractivity contribution < 1.29 is 0 Å². The quantitative estimate of drug-likeness (QED) is 0.846. The Morgan fingerprint density at radius 3 is 2.42 bits per heavy atom. The van der Waals surface area contributed by atoms with E-state index in [-0.39, 0.29) is 5.54 Å². The van der Waals surface area contributed by atoms with Crippen molar-refractivity contribution in [3.8, 4) is 0 Å². The van der Waals surface area contributed by atoms with Crippen molar-refractivity contribution in [1.29, 1.82) is 0 Å². The largest absolute Gasteiger partial charge is 0.314 e. The van der Waals surface area contributed by atoms with Gasteiger partial charge in [0.1, 0.15) is 0 Å². The molecule has 3 heteroatoms. The zero-order valence-electron chi connectivity index (χ0n) is 12.5. The maximum atomic E-state index is 3.60. The number of hydrogen-bond acceptors (Lipinski definition) is 3. The van der Waals surface area contributed by atoms with E-state index in [1.165, 1.54) is 11.1 Å². The minimum Gasteiger partial charge on any atom is -0.314 e. The van der Waals surface area contributed by atoms with Gasteiger partial charge in [-0.1, -0.05) is 29.8 Å². The Kier molecular flexibility index (Phi) is 4.97. The molecule has 3 nitrogen and oxygen atoms in total. The van der Waals surface area contributed by atoms with Gasteiger partial charge < -0.3 is 10.6 Å². The third-order valence-electron chi connectivity index (χ3n) is 3.98. The van der Waals surface area contributed by atoms with E-state index in [0.717, 1.165) is 39.3 Å². The van der Waals surface area contributed by atoms with Crippen LogP contribution in [0.2, 0.25) is 0 Å². The number of nitrogens with zero attached hydrogens (tertiary/aromatic N) is 1. The van der Waals surface area contributed by atoms with Gasteiger partial charge in [-0.25, -0.2) is 0 Å². The fourth-order valence-corrected chi connectivity index (χ4v) is 2.60. The standard InChI is InChI=1S/C16H27N3/c1-14-4-6-15(7-5-14)12-18-13-16(2,3)19-10-8-17-9-11-19/h4-7,17-18H,8-13H2,1-3H3. The molecule has 0 unspecified atom stereocenters. The zero-order chi connectivity index (χ0) is 13.7. The lowest BCUT2D eigenvalue weighted by Gasteiger charge is -2.41.